The normalized spacial score (nSPS) is 17.6. The Morgan fingerprint density at radius 2 is 1.60 bits per heavy atom. The van der Waals surface area contributed by atoms with Crippen LogP contribution in [0.1, 0.15) is 29.0 Å². The maximum absolute atomic E-state index is 13.5. The van der Waals surface area contributed by atoms with Crippen LogP contribution in [0.4, 0.5) is 5.69 Å². The molecule has 1 amide bonds. The van der Waals surface area contributed by atoms with Crippen molar-refractivity contribution in [3.63, 3.8) is 0 Å². The van der Waals surface area contributed by atoms with Gasteiger partial charge in [0.1, 0.15) is 5.69 Å². The molecular weight excluding hydrogens is 568 g/mol. The summed E-state index contributed by atoms with van der Waals surface area (Å²) in [6.07, 6.45) is 2.92. The van der Waals surface area contributed by atoms with Crippen molar-refractivity contribution in [3.05, 3.63) is 129 Å². The van der Waals surface area contributed by atoms with E-state index in [9.17, 15) is 9.59 Å². The monoisotopic (exact) mass is 602 g/mol. The van der Waals surface area contributed by atoms with Gasteiger partial charge in [-0.1, -0.05) is 72.3 Å². The zero-order chi connectivity index (χ0) is 29.3. The lowest BCUT2D eigenvalue weighted by Crippen LogP contribution is -2.46. The number of anilines is 1. The highest BCUT2D eigenvalue weighted by atomic mass is 35.5. The second kappa shape index (κ2) is 14.7. The van der Waals surface area contributed by atoms with E-state index < -0.39 is 11.9 Å². The molecule has 1 aromatic heterocycles. The van der Waals surface area contributed by atoms with E-state index in [4.69, 9.17) is 22.1 Å². The fraction of sp³-hybridized carbons (Fsp3) is 0.273. The van der Waals surface area contributed by atoms with Crippen LogP contribution in [0.25, 0.3) is 0 Å². The number of amides is 1. The Bertz CT molecular complexity index is 1460. The largest absolute Gasteiger partial charge is 0.371 e. The number of thioether (sulfide) groups is 1. The van der Waals surface area contributed by atoms with Gasteiger partial charge in [0, 0.05) is 40.9 Å². The smallest absolute Gasteiger partial charge is 0.271 e. The maximum atomic E-state index is 13.5. The van der Waals surface area contributed by atoms with E-state index in [2.05, 4.69) is 15.6 Å². The summed E-state index contributed by atoms with van der Waals surface area (Å²) in [5, 5.41) is 7.05. The molecule has 1 aliphatic heterocycles. The summed E-state index contributed by atoms with van der Waals surface area (Å²) in [5.41, 5.74) is 9.08. The summed E-state index contributed by atoms with van der Waals surface area (Å²) >= 11 is 7.74. The number of ether oxygens (including phenoxy) is 1. The van der Waals surface area contributed by atoms with Crippen molar-refractivity contribution in [1.82, 2.24) is 10.3 Å². The minimum atomic E-state index is -0.910. The Morgan fingerprint density at radius 1 is 0.952 bits per heavy atom. The molecule has 7 nitrogen and oxygen atoms in total. The SMILES string of the molecule is NC(C(=O)Nc1c(CCC2CNCC(CSc3ccc(Cl)cc3)O2)cc[nH]c1=O)C(c1ccccc1)c1ccccc1. The van der Waals surface area contributed by atoms with Crippen LogP contribution < -0.4 is 21.9 Å². The van der Waals surface area contributed by atoms with Gasteiger partial charge in [-0.3, -0.25) is 9.59 Å². The number of pyridine rings is 1. The number of rotatable bonds is 11. The summed E-state index contributed by atoms with van der Waals surface area (Å²) in [7, 11) is 0. The van der Waals surface area contributed by atoms with Crippen molar-refractivity contribution in [2.45, 2.75) is 41.9 Å². The first kappa shape index (κ1) is 30.1. The van der Waals surface area contributed by atoms with Crippen molar-refractivity contribution in [2.75, 3.05) is 24.2 Å². The Balaban J connectivity index is 1.23. The van der Waals surface area contributed by atoms with Crippen LogP contribution >= 0.6 is 23.4 Å². The number of hydrogen-bond donors (Lipinski definition) is 4. The highest BCUT2D eigenvalue weighted by Crippen LogP contribution is 2.28. The number of hydrogen-bond acceptors (Lipinski definition) is 6. The molecule has 1 saturated heterocycles. The number of aryl methyl sites for hydroxylation is 1. The highest BCUT2D eigenvalue weighted by molar-refractivity contribution is 7.99. The van der Waals surface area contributed by atoms with Crippen molar-refractivity contribution in [1.29, 1.82) is 0 Å². The first-order valence-electron chi connectivity index (χ1n) is 14.1. The van der Waals surface area contributed by atoms with Gasteiger partial charge in [-0.15, -0.1) is 11.8 Å². The Kier molecular flexibility index (Phi) is 10.5. The maximum Gasteiger partial charge on any atom is 0.271 e. The van der Waals surface area contributed by atoms with Gasteiger partial charge in [0.05, 0.1) is 18.2 Å². The third-order valence-electron chi connectivity index (χ3n) is 7.39. The van der Waals surface area contributed by atoms with Crippen LogP contribution in [0.3, 0.4) is 0 Å². The van der Waals surface area contributed by atoms with Gasteiger partial charge in [-0.05, 0) is 59.9 Å². The van der Waals surface area contributed by atoms with Gasteiger partial charge in [-0.2, -0.15) is 0 Å². The lowest BCUT2D eigenvalue weighted by atomic mass is 9.85. The van der Waals surface area contributed by atoms with Crippen molar-refractivity contribution >= 4 is 35.0 Å². The molecule has 0 saturated carbocycles. The molecule has 4 aromatic rings. The van der Waals surface area contributed by atoms with Crippen LogP contribution in [0.15, 0.2) is 107 Å². The zero-order valence-corrected chi connectivity index (χ0v) is 24.7. The first-order chi connectivity index (χ1) is 20.5. The fourth-order valence-electron chi connectivity index (χ4n) is 5.23. The highest BCUT2D eigenvalue weighted by Gasteiger charge is 2.29. The average molecular weight is 603 g/mol. The number of carbonyl (C=O) groups excluding carboxylic acids is 1. The minimum Gasteiger partial charge on any atom is -0.371 e. The van der Waals surface area contributed by atoms with Crippen molar-refractivity contribution in [3.8, 4) is 0 Å². The molecule has 1 fully saturated rings. The molecule has 1 aliphatic rings. The summed E-state index contributed by atoms with van der Waals surface area (Å²) < 4.78 is 6.37. The third-order valence-corrected chi connectivity index (χ3v) is 8.78. The van der Waals surface area contributed by atoms with Crippen LogP contribution in [0.5, 0.6) is 0 Å². The van der Waals surface area contributed by atoms with Crippen LogP contribution in [-0.4, -0.2) is 48.0 Å². The third kappa shape index (κ3) is 7.91. The van der Waals surface area contributed by atoms with E-state index in [1.807, 2.05) is 91.0 Å². The molecule has 5 rings (SSSR count). The van der Waals surface area contributed by atoms with E-state index in [1.165, 1.54) is 0 Å². The van der Waals surface area contributed by atoms with Crippen LogP contribution in [0, 0.1) is 0 Å². The lowest BCUT2D eigenvalue weighted by Gasteiger charge is -2.31. The topological polar surface area (TPSA) is 109 Å². The Morgan fingerprint density at radius 3 is 2.26 bits per heavy atom. The van der Waals surface area contributed by atoms with E-state index in [0.717, 1.165) is 45.5 Å². The number of aromatic amines is 1. The minimum absolute atomic E-state index is 0.0137. The quantitative estimate of drug-likeness (QED) is 0.176. The van der Waals surface area contributed by atoms with E-state index in [-0.39, 0.29) is 29.4 Å². The van der Waals surface area contributed by atoms with Gasteiger partial charge < -0.3 is 26.1 Å². The van der Waals surface area contributed by atoms with Gasteiger partial charge in [0.15, 0.2) is 0 Å². The number of halogens is 1. The van der Waals surface area contributed by atoms with Gasteiger partial charge in [0.2, 0.25) is 5.91 Å². The van der Waals surface area contributed by atoms with Crippen LogP contribution in [0.2, 0.25) is 5.02 Å². The molecule has 9 heteroatoms. The molecule has 0 aliphatic carbocycles. The molecule has 0 radical (unpaired) electrons. The molecule has 3 atom stereocenters. The molecule has 42 heavy (non-hydrogen) atoms. The molecular formula is C33H35ClN4O3S. The Labute approximate surface area is 255 Å². The molecule has 0 spiro atoms. The number of benzene rings is 3. The fourth-order valence-corrected chi connectivity index (χ4v) is 6.26. The number of aromatic nitrogens is 1. The molecule has 5 N–H and O–H groups in total. The number of carbonyl (C=O) groups is 1. The summed E-state index contributed by atoms with van der Waals surface area (Å²) in [5.74, 6) is 0.0304. The van der Waals surface area contributed by atoms with E-state index in [0.29, 0.717) is 12.8 Å². The number of nitrogens with two attached hydrogens (primary N) is 1. The zero-order valence-electron chi connectivity index (χ0n) is 23.2. The number of nitrogens with one attached hydrogen (secondary N) is 3. The molecule has 0 bridgehead atoms. The van der Waals surface area contributed by atoms with Crippen molar-refractivity contribution < 1.29 is 9.53 Å². The standard InChI is InChI=1S/C33H35ClN4O3S/c34-25-12-15-28(16-13-25)42-21-27-20-36-19-26(41-27)14-11-24-17-18-37-33(40)31(24)38-32(39)30(35)29(22-7-3-1-4-8-22)23-9-5-2-6-10-23/h1-10,12-13,15-18,26-27,29-30,36H,11,14,19-21,35H2,(H,37,40)(H,38,39). The Hall–Kier alpha value is -3.40. The average Bonchev–Trinajstić information content (AvgIpc) is 3.02. The van der Waals surface area contributed by atoms with Crippen molar-refractivity contribution in [2.24, 2.45) is 5.73 Å². The predicted molar refractivity (Wildman–Crippen MR) is 170 cm³/mol. The predicted octanol–water partition coefficient (Wildman–Crippen LogP) is 5.21. The molecule has 218 valence electrons. The van der Waals surface area contributed by atoms with E-state index in [1.54, 1.807) is 18.0 Å². The van der Waals surface area contributed by atoms with E-state index >= 15 is 0 Å². The molecule has 3 aromatic carbocycles. The summed E-state index contributed by atoms with van der Waals surface area (Å²) in [6, 6.07) is 28.2. The molecule has 2 heterocycles. The van der Waals surface area contributed by atoms with Gasteiger partial charge in [-0.25, -0.2) is 0 Å². The lowest BCUT2D eigenvalue weighted by molar-refractivity contribution is -0.117. The first-order valence-corrected chi connectivity index (χ1v) is 15.5. The second-order valence-electron chi connectivity index (χ2n) is 10.4. The van der Waals surface area contributed by atoms with Gasteiger partial charge >= 0.3 is 0 Å². The van der Waals surface area contributed by atoms with Gasteiger partial charge in [0.25, 0.3) is 5.56 Å². The number of H-pyrrole nitrogens is 1. The second-order valence-corrected chi connectivity index (χ2v) is 11.9. The molecule has 3 unspecified atom stereocenters. The summed E-state index contributed by atoms with van der Waals surface area (Å²) in [6.45, 7) is 1.51. The summed E-state index contributed by atoms with van der Waals surface area (Å²) in [4.78, 5) is 30.3. The number of morpholine rings is 1. The van der Waals surface area contributed by atoms with Crippen LogP contribution in [-0.2, 0) is 16.0 Å².